The van der Waals surface area contributed by atoms with Crippen LogP contribution in [-0.4, -0.2) is 34.9 Å². The summed E-state index contributed by atoms with van der Waals surface area (Å²) in [5, 5.41) is 2.85. The Labute approximate surface area is 91.8 Å². The third-order valence-electron chi connectivity index (χ3n) is 2.13. The maximum atomic E-state index is 11.1. The number of halogens is 1. The molecular formula is C10H21ClN2O. The van der Waals surface area contributed by atoms with Crippen LogP contribution >= 0.6 is 11.6 Å². The van der Waals surface area contributed by atoms with E-state index in [1.54, 1.807) is 0 Å². The molecule has 0 saturated carbocycles. The first-order valence-corrected chi connectivity index (χ1v) is 5.56. The fraction of sp³-hybridized carbons (Fsp3) is 0.900. The monoisotopic (exact) mass is 220 g/mol. The fourth-order valence-electron chi connectivity index (χ4n) is 1.84. The van der Waals surface area contributed by atoms with E-state index in [0.29, 0.717) is 12.1 Å². The average Bonchev–Trinajstić information content (AvgIpc) is 2.02. The molecule has 0 aromatic rings. The van der Waals surface area contributed by atoms with E-state index < -0.39 is 0 Å². The molecule has 0 aliphatic rings. The molecule has 0 saturated heterocycles. The van der Waals surface area contributed by atoms with Crippen molar-refractivity contribution in [3.05, 3.63) is 0 Å². The first kappa shape index (κ1) is 13.7. The van der Waals surface area contributed by atoms with E-state index in [1.165, 1.54) is 0 Å². The molecule has 1 amide bonds. The van der Waals surface area contributed by atoms with E-state index in [9.17, 15) is 4.79 Å². The summed E-state index contributed by atoms with van der Waals surface area (Å²) in [7, 11) is 0. The molecule has 1 N–H and O–H groups in total. The first-order chi connectivity index (χ1) is 6.40. The van der Waals surface area contributed by atoms with E-state index >= 15 is 0 Å². The molecule has 1 atom stereocenters. The minimum Gasteiger partial charge on any atom is -0.340 e. The zero-order valence-corrected chi connectivity index (χ0v) is 10.4. The largest absolute Gasteiger partial charge is 0.340 e. The van der Waals surface area contributed by atoms with Crippen LogP contribution in [0.3, 0.4) is 0 Å². The van der Waals surface area contributed by atoms with Gasteiger partial charge in [-0.1, -0.05) is 0 Å². The van der Waals surface area contributed by atoms with E-state index in [0.717, 1.165) is 0 Å². The highest BCUT2D eigenvalue weighted by Crippen LogP contribution is 2.08. The second-order valence-electron chi connectivity index (χ2n) is 4.01. The molecule has 0 spiro atoms. The molecule has 3 nitrogen and oxygen atoms in total. The van der Waals surface area contributed by atoms with Crippen LogP contribution in [0.1, 0.15) is 34.6 Å². The Balaban J connectivity index is 4.29. The molecule has 4 heteroatoms. The molecule has 0 aromatic heterocycles. The Hall–Kier alpha value is -0.280. The Morgan fingerprint density at radius 2 is 1.64 bits per heavy atom. The highest BCUT2D eigenvalue weighted by atomic mass is 35.5. The quantitative estimate of drug-likeness (QED) is 0.566. The van der Waals surface area contributed by atoms with Crippen LogP contribution in [0.15, 0.2) is 0 Å². The van der Waals surface area contributed by atoms with Gasteiger partial charge in [0, 0.05) is 12.1 Å². The van der Waals surface area contributed by atoms with Crippen molar-refractivity contribution in [3.8, 4) is 0 Å². The minimum absolute atomic E-state index is 0.0222. The molecule has 0 aromatic carbocycles. The molecule has 84 valence electrons. The van der Waals surface area contributed by atoms with Gasteiger partial charge in [0.1, 0.15) is 5.88 Å². The van der Waals surface area contributed by atoms with Gasteiger partial charge < -0.3 is 5.32 Å². The van der Waals surface area contributed by atoms with Gasteiger partial charge in [0.25, 0.3) is 0 Å². The van der Waals surface area contributed by atoms with E-state index in [-0.39, 0.29) is 18.0 Å². The molecule has 1 unspecified atom stereocenters. The summed E-state index contributed by atoms with van der Waals surface area (Å²) in [6.45, 7) is 10.4. The Morgan fingerprint density at radius 1 is 1.21 bits per heavy atom. The Morgan fingerprint density at radius 3 is 1.93 bits per heavy atom. The van der Waals surface area contributed by atoms with Gasteiger partial charge in [-0.2, -0.15) is 0 Å². The van der Waals surface area contributed by atoms with Crippen molar-refractivity contribution in [2.75, 3.05) is 5.88 Å². The summed E-state index contributed by atoms with van der Waals surface area (Å²) in [6.07, 6.45) is 0.0289. The van der Waals surface area contributed by atoms with Crippen LogP contribution in [0.2, 0.25) is 0 Å². The number of amides is 1. The predicted molar refractivity (Wildman–Crippen MR) is 60.4 cm³/mol. The average molecular weight is 221 g/mol. The van der Waals surface area contributed by atoms with Crippen LogP contribution in [0.25, 0.3) is 0 Å². The normalized spacial score (nSPS) is 13.8. The van der Waals surface area contributed by atoms with Gasteiger partial charge in [0.15, 0.2) is 0 Å². The number of nitrogens with one attached hydrogen (secondary N) is 1. The lowest BCUT2D eigenvalue weighted by Gasteiger charge is -2.36. The number of rotatable bonds is 5. The van der Waals surface area contributed by atoms with Crippen molar-refractivity contribution >= 4 is 17.5 Å². The summed E-state index contributed by atoms with van der Waals surface area (Å²) < 4.78 is 0. The molecule has 0 aliphatic heterocycles. The topological polar surface area (TPSA) is 32.3 Å². The number of nitrogens with zero attached hydrogens (tertiary/aromatic N) is 1. The van der Waals surface area contributed by atoms with Gasteiger partial charge in [-0.25, -0.2) is 0 Å². The number of carbonyl (C=O) groups is 1. The first-order valence-electron chi connectivity index (χ1n) is 5.02. The van der Waals surface area contributed by atoms with Gasteiger partial charge in [0.2, 0.25) is 5.91 Å². The summed E-state index contributed by atoms with van der Waals surface area (Å²) in [6, 6.07) is 0.807. The van der Waals surface area contributed by atoms with Crippen molar-refractivity contribution in [2.24, 2.45) is 0 Å². The number of hydrogen-bond acceptors (Lipinski definition) is 2. The highest BCUT2D eigenvalue weighted by Gasteiger charge is 2.20. The number of hydrogen-bond donors (Lipinski definition) is 1. The molecule has 0 aliphatic carbocycles. The Bertz CT molecular complexity index is 175. The minimum atomic E-state index is -0.120. The van der Waals surface area contributed by atoms with Crippen LogP contribution in [-0.2, 0) is 4.79 Å². The van der Waals surface area contributed by atoms with Crippen LogP contribution in [0, 0.1) is 0 Å². The molecule has 0 radical (unpaired) electrons. The third kappa shape index (κ3) is 4.29. The summed E-state index contributed by atoms with van der Waals surface area (Å²) in [5.74, 6) is -0.0977. The van der Waals surface area contributed by atoms with Crippen molar-refractivity contribution in [3.63, 3.8) is 0 Å². The van der Waals surface area contributed by atoms with Gasteiger partial charge in [-0.15, -0.1) is 11.6 Å². The zero-order chi connectivity index (χ0) is 11.3. The molecule has 0 fully saturated rings. The second kappa shape index (κ2) is 6.25. The van der Waals surface area contributed by atoms with E-state index in [4.69, 9.17) is 11.6 Å². The van der Waals surface area contributed by atoms with E-state index in [2.05, 4.69) is 37.9 Å². The molecule has 0 bridgehead atoms. The van der Waals surface area contributed by atoms with Gasteiger partial charge in [0.05, 0.1) is 6.17 Å². The lowest BCUT2D eigenvalue weighted by molar-refractivity contribution is -0.120. The molecule has 14 heavy (non-hydrogen) atoms. The maximum Gasteiger partial charge on any atom is 0.236 e. The molecular weight excluding hydrogens is 200 g/mol. The van der Waals surface area contributed by atoms with Crippen molar-refractivity contribution in [1.82, 2.24) is 10.2 Å². The maximum absolute atomic E-state index is 11.1. The van der Waals surface area contributed by atoms with E-state index in [1.807, 2.05) is 6.92 Å². The zero-order valence-electron chi connectivity index (χ0n) is 9.67. The SMILES string of the molecule is CC(C)N(C(C)C)C(C)NC(=O)CCl. The van der Waals surface area contributed by atoms with Crippen LogP contribution < -0.4 is 5.32 Å². The highest BCUT2D eigenvalue weighted by molar-refractivity contribution is 6.27. The molecule has 0 rings (SSSR count). The number of alkyl halides is 1. The lowest BCUT2D eigenvalue weighted by Crippen LogP contribution is -2.52. The predicted octanol–water partition coefficient (Wildman–Crippen LogP) is 1.81. The van der Waals surface area contributed by atoms with Gasteiger partial charge in [-0.05, 0) is 34.6 Å². The molecule has 0 heterocycles. The summed E-state index contributed by atoms with van der Waals surface area (Å²) in [5.41, 5.74) is 0. The smallest absolute Gasteiger partial charge is 0.236 e. The Kier molecular flexibility index (Phi) is 6.12. The third-order valence-corrected chi connectivity index (χ3v) is 2.37. The fourth-order valence-corrected chi connectivity index (χ4v) is 1.91. The second-order valence-corrected chi connectivity index (χ2v) is 4.28. The summed E-state index contributed by atoms with van der Waals surface area (Å²) in [4.78, 5) is 13.3. The number of carbonyl (C=O) groups excluding carboxylic acids is 1. The van der Waals surface area contributed by atoms with Crippen LogP contribution in [0.5, 0.6) is 0 Å². The van der Waals surface area contributed by atoms with Crippen LogP contribution in [0.4, 0.5) is 0 Å². The van der Waals surface area contributed by atoms with Crippen molar-refractivity contribution < 1.29 is 4.79 Å². The lowest BCUT2D eigenvalue weighted by atomic mass is 10.2. The summed E-state index contributed by atoms with van der Waals surface area (Å²) >= 11 is 5.43. The van der Waals surface area contributed by atoms with Gasteiger partial charge in [-0.3, -0.25) is 9.69 Å². The van der Waals surface area contributed by atoms with Gasteiger partial charge >= 0.3 is 0 Å². The van der Waals surface area contributed by atoms with Crippen molar-refractivity contribution in [2.45, 2.75) is 52.9 Å². The standard InChI is InChI=1S/C10H21ClN2O/c1-7(2)13(8(3)4)9(5)12-10(14)6-11/h7-9H,6H2,1-5H3,(H,12,14). The van der Waals surface area contributed by atoms with Crippen molar-refractivity contribution in [1.29, 1.82) is 0 Å².